The van der Waals surface area contributed by atoms with Gasteiger partial charge in [0.25, 0.3) is 5.91 Å². The zero-order chi connectivity index (χ0) is 30.0. The fraction of sp³-hybridized carbons (Fsp3) is 0.486. The van der Waals surface area contributed by atoms with Crippen molar-refractivity contribution in [1.29, 1.82) is 0 Å². The number of carbonyl (C=O) groups is 2. The molecule has 0 spiro atoms. The molecular formula is C35H44FN3O3. The first-order valence-electron chi connectivity index (χ1n) is 15.3. The quantitative estimate of drug-likeness (QED) is 0.413. The van der Waals surface area contributed by atoms with E-state index in [1.165, 1.54) is 6.07 Å². The van der Waals surface area contributed by atoms with Crippen LogP contribution in [0, 0.1) is 24.6 Å². The molecule has 2 heterocycles. The van der Waals surface area contributed by atoms with Crippen molar-refractivity contribution in [3.8, 4) is 0 Å². The Hall–Kier alpha value is -3.45. The first-order valence-corrected chi connectivity index (χ1v) is 15.3. The monoisotopic (exact) mass is 573 g/mol. The minimum Gasteiger partial charge on any atom is -0.380 e. The smallest absolute Gasteiger partial charge is 0.257 e. The van der Waals surface area contributed by atoms with Crippen molar-refractivity contribution in [1.82, 2.24) is 10.2 Å². The van der Waals surface area contributed by atoms with Crippen molar-refractivity contribution < 1.29 is 18.7 Å². The lowest BCUT2D eigenvalue weighted by atomic mass is 9.77. The van der Waals surface area contributed by atoms with Crippen molar-refractivity contribution in [2.75, 3.05) is 18.5 Å². The Bertz CT molecular complexity index is 1360. The maximum absolute atomic E-state index is 15.0. The van der Waals surface area contributed by atoms with Gasteiger partial charge in [-0.05, 0) is 80.3 Å². The van der Waals surface area contributed by atoms with Gasteiger partial charge in [-0.15, -0.1) is 0 Å². The fourth-order valence-electron chi connectivity index (χ4n) is 6.55. The van der Waals surface area contributed by atoms with Crippen LogP contribution in [0.15, 0.2) is 66.4 Å². The van der Waals surface area contributed by atoms with Crippen molar-refractivity contribution in [3.05, 3.63) is 88.9 Å². The van der Waals surface area contributed by atoms with E-state index in [1.807, 2.05) is 18.2 Å². The van der Waals surface area contributed by atoms with Gasteiger partial charge < -0.3 is 20.3 Å². The maximum Gasteiger partial charge on any atom is 0.257 e. The summed E-state index contributed by atoms with van der Waals surface area (Å²) in [6.07, 6.45) is 9.46. The number of carbonyl (C=O) groups excluding carboxylic acids is 2. The Balaban J connectivity index is 1.42. The molecule has 6 nitrogen and oxygen atoms in total. The lowest BCUT2D eigenvalue weighted by Gasteiger charge is -2.44. The van der Waals surface area contributed by atoms with Gasteiger partial charge in [-0.25, -0.2) is 4.39 Å². The molecule has 2 saturated heterocycles. The number of hydrogen-bond donors (Lipinski definition) is 2. The fourth-order valence-corrected chi connectivity index (χ4v) is 6.55. The van der Waals surface area contributed by atoms with Crippen LogP contribution in [0.4, 0.5) is 10.1 Å². The molecule has 7 heteroatoms. The van der Waals surface area contributed by atoms with E-state index in [-0.39, 0.29) is 40.9 Å². The molecule has 0 aromatic heterocycles. The van der Waals surface area contributed by atoms with E-state index in [4.69, 9.17) is 4.74 Å². The third-order valence-electron chi connectivity index (χ3n) is 9.02. The van der Waals surface area contributed by atoms with Crippen molar-refractivity contribution in [2.45, 2.75) is 83.9 Å². The zero-order valence-electron chi connectivity index (χ0n) is 25.5. The topological polar surface area (TPSA) is 70.7 Å². The number of anilines is 1. The highest BCUT2D eigenvalue weighted by molar-refractivity contribution is 5.98. The first-order chi connectivity index (χ1) is 20.0. The Kier molecular flexibility index (Phi) is 8.88. The molecule has 0 bridgehead atoms. The SMILES string of the molecule is Cc1cccc(F)c1C(=O)N1CCCC(C(=O)Nc2cccc(C(C)(C)C)c2)C1[C@@H]1C=CC(NC2CCOC2C)=CC1. The van der Waals surface area contributed by atoms with Crippen LogP contribution in [0.2, 0.25) is 0 Å². The molecule has 4 unspecified atom stereocenters. The third-order valence-corrected chi connectivity index (χ3v) is 9.02. The number of halogens is 1. The van der Waals surface area contributed by atoms with E-state index >= 15 is 4.39 Å². The van der Waals surface area contributed by atoms with E-state index < -0.39 is 17.8 Å². The molecule has 2 aromatic rings. The number of likely N-dealkylation sites (tertiary alicyclic amines) is 1. The summed E-state index contributed by atoms with van der Waals surface area (Å²) in [6, 6.07) is 12.5. The molecule has 2 fully saturated rings. The second-order valence-corrected chi connectivity index (χ2v) is 13.0. The lowest BCUT2D eigenvalue weighted by Crippen LogP contribution is -2.55. The Morgan fingerprint density at radius 2 is 1.88 bits per heavy atom. The maximum atomic E-state index is 15.0. The minimum absolute atomic E-state index is 0.0532. The number of nitrogens with zero attached hydrogens (tertiary/aromatic N) is 1. The Morgan fingerprint density at radius 1 is 1.10 bits per heavy atom. The number of benzene rings is 2. The summed E-state index contributed by atoms with van der Waals surface area (Å²) >= 11 is 0. The van der Waals surface area contributed by atoms with Crippen molar-refractivity contribution >= 4 is 17.5 Å². The predicted octanol–water partition coefficient (Wildman–Crippen LogP) is 6.52. The van der Waals surface area contributed by atoms with Gasteiger partial charge in [-0.1, -0.05) is 57.2 Å². The van der Waals surface area contributed by atoms with E-state index in [0.717, 1.165) is 30.0 Å². The van der Waals surface area contributed by atoms with E-state index in [9.17, 15) is 9.59 Å². The number of allylic oxidation sites excluding steroid dienone is 2. The summed E-state index contributed by atoms with van der Waals surface area (Å²) < 4.78 is 20.7. The molecule has 42 heavy (non-hydrogen) atoms. The van der Waals surface area contributed by atoms with Gasteiger partial charge in [0.1, 0.15) is 5.82 Å². The largest absolute Gasteiger partial charge is 0.380 e. The van der Waals surface area contributed by atoms with Gasteiger partial charge in [0, 0.05) is 30.5 Å². The highest BCUT2D eigenvalue weighted by atomic mass is 19.1. The molecule has 224 valence electrons. The summed E-state index contributed by atoms with van der Waals surface area (Å²) in [5, 5.41) is 6.75. The van der Waals surface area contributed by atoms with Gasteiger partial charge in [0.15, 0.2) is 0 Å². The van der Waals surface area contributed by atoms with E-state index in [2.05, 4.69) is 62.6 Å². The molecule has 0 saturated carbocycles. The van der Waals surface area contributed by atoms with Gasteiger partial charge >= 0.3 is 0 Å². The zero-order valence-corrected chi connectivity index (χ0v) is 25.5. The summed E-state index contributed by atoms with van der Waals surface area (Å²) in [5.74, 6) is -1.49. The van der Waals surface area contributed by atoms with Gasteiger partial charge in [0.05, 0.1) is 29.7 Å². The highest BCUT2D eigenvalue weighted by Crippen LogP contribution is 2.36. The predicted molar refractivity (Wildman–Crippen MR) is 165 cm³/mol. The molecule has 2 aliphatic heterocycles. The van der Waals surface area contributed by atoms with Crippen LogP contribution in [0.3, 0.4) is 0 Å². The number of piperidine rings is 1. The van der Waals surface area contributed by atoms with Crippen molar-refractivity contribution in [2.24, 2.45) is 11.8 Å². The summed E-state index contributed by atoms with van der Waals surface area (Å²) in [6.45, 7) is 11.5. The summed E-state index contributed by atoms with van der Waals surface area (Å²) in [5.41, 5.74) is 3.56. The number of rotatable bonds is 6. The summed E-state index contributed by atoms with van der Waals surface area (Å²) in [4.78, 5) is 29.7. The Morgan fingerprint density at radius 3 is 2.55 bits per heavy atom. The van der Waals surface area contributed by atoms with Gasteiger partial charge in [-0.2, -0.15) is 0 Å². The number of hydrogen-bond acceptors (Lipinski definition) is 4. The lowest BCUT2D eigenvalue weighted by molar-refractivity contribution is -0.123. The Labute approximate surface area is 249 Å². The molecule has 0 radical (unpaired) electrons. The molecule has 5 atom stereocenters. The van der Waals surface area contributed by atoms with Gasteiger partial charge in [-0.3, -0.25) is 9.59 Å². The number of amides is 2. The molecule has 5 rings (SSSR count). The van der Waals surface area contributed by atoms with Crippen LogP contribution >= 0.6 is 0 Å². The van der Waals surface area contributed by atoms with Crippen LogP contribution in [0.5, 0.6) is 0 Å². The average Bonchev–Trinajstić information content (AvgIpc) is 3.36. The number of aryl methyl sites for hydroxylation is 1. The molecule has 1 aliphatic carbocycles. The van der Waals surface area contributed by atoms with Crippen LogP contribution in [-0.2, 0) is 14.9 Å². The molecular weight excluding hydrogens is 529 g/mol. The number of nitrogens with one attached hydrogen (secondary N) is 2. The third kappa shape index (κ3) is 6.46. The van der Waals surface area contributed by atoms with Crippen LogP contribution in [0.1, 0.15) is 74.9 Å². The standard InChI is InChI=1S/C35H44FN3O3/c1-22-9-6-13-29(36)31(22)34(41)39-19-8-12-28(33(40)38-27-11-7-10-25(21-27)35(3,4)5)32(39)24-14-16-26(17-15-24)37-30-18-20-42-23(30)2/h6-7,9-11,13-14,16-17,21,23-24,28,30,32,37H,8,12,15,18-20H2,1-5H3,(H,38,40)/t23?,24-,28?,30?,32?/m1/s1. The second kappa shape index (κ2) is 12.4. The van der Waals surface area contributed by atoms with Crippen LogP contribution in [-0.4, -0.2) is 48.1 Å². The molecule has 2 N–H and O–H groups in total. The normalized spacial score (nSPS) is 26.1. The van der Waals surface area contributed by atoms with E-state index in [0.29, 0.717) is 31.4 Å². The highest BCUT2D eigenvalue weighted by Gasteiger charge is 2.43. The number of ether oxygens (including phenoxy) is 1. The molecule has 3 aliphatic rings. The van der Waals surface area contributed by atoms with Gasteiger partial charge in [0.2, 0.25) is 5.91 Å². The van der Waals surface area contributed by atoms with E-state index in [1.54, 1.807) is 24.0 Å². The average molecular weight is 574 g/mol. The minimum atomic E-state index is -0.525. The van der Waals surface area contributed by atoms with Crippen molar-refractivity contribution in [3.63, 3.8) is 0 Å². The first kappa shape index (κ1) is 30.0. The van der Waals surface area contributed by atoms with Crippen LogP contribution in [0.25, 0.3) is 0 Å². The summed E-state index contributed by atoms with van der Waals surface area (Å²) in [7, 11) is 0. The second-order valence-electron chi connectivity index (χ2n) is 13.0. The molecule has 2 amide bonds. The van der Waals surface area contributed by atoms with Crippen LogP contribution < -0.4 is 10.6 Å². The molecule has 2 aromatic carbocycles.